The number of carbonyl (C=O) groups excluding carboxylic acids is 1. The normalized spacial score (nSPS) is 10.4. The highest BCUT2D eigenvalue weighted by molar-refractivity contribution is 8.00. The second-order valence-electron chi connectivity index (χ2n) is 4.01. The number of Topliss-reactive ketones (excluding diaryl/α,β-unsaturated/α-hetero) is 1. The summed E-state index contributed by atoms with van der Waals surface area (Å²) in [5.41, 5.74) is 6.49. The number of nitrogens with two attached hydrogens (primary N) is 1. The Morgan fingerprint density at radius 3 is 2.89 bits per heavy atom. The first kappa shape index (κ1) is 13.9. The van der Waals surface area contributed by atoms with Crippen molar-refractivity contribution in [1.29, 1.82) is 0 Å². The zero-order valence-corrected chi connectivity index (χ0v) is 11.7. The maximum absolute atomic E-state index is 11.9. The van der Waals surface area contributed by atoms with Crippen molar-refractivity contribution in [2.75, 3.05) is 11.5 Å². The van der Waals surface area contributed by atoms with Gasteiger partial charge in [-0.2, -0.15) is 0 Å². The lowest BCUT2D eigenvalue weighted by atomic mass is 10.1. The second kappa shape index (κ2) is 6.59. The van der Waals surface area contributed by atoms with Gasteiger partial charge in [0.25, 0.3) is 0 Å². The summed E-state index contributed by atoms with van der Waals surface area (Å²) in [7, 11) is 0. The number of aromatic nitrogens is 1. The number of thioether (sulfide) groups is 1. The minimum absolute atomic E-state index is 0.115. The molecule has 0 spiro atoms. The molecule has 0 saturated carbocycles. The van der Waals surface area contributed by atoms with Gasteiger partial charge in [-0.05, 0) is 24.3 Å². The lowest BCUT2D eigenvalue weighted by Crippen LogP contribution is -2.08. The molecule has 5 heteroatoms. The van der Waals surface area contributed by atoms with Crippen LogP contribution in [0.4, 0.5) is 5.82 Å². The van der Waals surface area contributed by atoms with Crippen LogP contribution in [0.2, 0.25) is 5.02 Å². The van der Waals surface area contributed by atoms with E-state index >= 15 is 0 Å². The van der Waals surface area contributed by atoms with Crippen LogP contribution >= 0.6 is 23.4 Å². The summed E-state index contributed by atoms with van der Waals surface area (Å²) < 4.78 is 0. The van der Waals surface area contributed by atoms with E-state index in [1.54, 1.807) is 12.3 Å². The predicted molar refractivity (Wildman–Crippen MR) is 79.5 cm³/mol. The van der Waals surface area contributed by atoms with E-state index in [2.05, 4.69) is 4.98 Å². The molecule has 0 fully saturated rings. The molecule has 0 unspecified atom stereocenters. The Balaban J connectivity index is 1.90. The van der Waals surface area contributed by atoms with Gasteiger partial charge in [0.15, 0.2) is 0 Å². The minimum Gasteiger partial charge on any atom is -0.383 e. The van der Waals surface area contributed by atoms with Crippen molar-refractivity contribution >= 4 is 35.0 Å². The average Bonchev–Trinajstić information content (AvgIpc) is 2.39. The van der Waals surface area contributed by atoms with Crippen LogP contribution in [0.3, 0.4) is 0 Å². The van der Waals surface area contributed by atoms with Gasteiger partial charge in [-0.3, -0.25) is 4.79 Å². The molecule has 0 saturated heterocycles. The van der Waals surface area contributed by atoms with E-state index in [1.165, 1.54) is 11.8 Å². The Kier molecular flexibility index (Phi) is 4.82. The van der Waals surface area contributed by atoms with E-state index in [-0.39, 0.29) is 5.78 Å². The molecule has 0 aliphatic carbocycles. The van der Waals surface area contributed by atoms with E-state index in [9.17, 15) is 4.79 Å². The highest BCUT2D eigenvalue weighted by atomic mass is 35.5. The van der Waals surface area contributed by atoms with Crippen LogP contribution in [-0.2, 0) is 11.2 Å². The maximum Gasteiger partial charge on any atom is 0.147 e. The third-order valence-electron chi connectivity index (χ3n) is 2.51. The van der Waals surface area contributed by atoms with Gasteiger partial charge in [0.1, 0.15) is 11.6 Å². The van der Waals surface area contributed by atoms with E-state index in [0.29, 0.717) is 23.0 Å². The second-order valence-corrected chi connectivity index (χ2v) is 5.49. The summed E-state index contributed by atoms with van der Waals surface area (Å²) in [4.78, 5) is 16.8. The third-order valence-corrected chi connectivity index (χ3v) is 3.80. The number of pyridine rings is 1. The highest BCUT2D eigenvalue weighted by Gasteiger charge is 2.08. The fourth-order valence-electron chi connectivity index (χ4n) is 1.58. The topological polar surface area (TPSA) is 56.0 Å². The fourth-order valence-corrected chi connectivity index (χ4v) is 2.65. The van der Waals surface area contributed by atoms with Crippen LogP contribution in [0.15, 0.2) is 47.5 Å². The Morgan fingerprint density at radius 1 is 1.32 bits per heavy atom. The Morgan fingerprint density at radius 2 is 2.16 bits per heavy atom. The van der Waals surface area contributed by atoms with Gasteiger partial charge in [0, 0.05) is 28.1 Å². The molecule has 19 heavy (non-hydrogen) atoms. The third kappa shape index (κ3) is 4.26. The van der Waals surface area contributed by atoms with Crippen molar-refractivity contribution in [1.82, 2.24) is 4.98 Å². The predicted octanol–water partition coefficient (Wildman–Crippen LogP) is 3.22. The molecule has 1 aromatic carbocycles. The van der Waals surface area contributed by atoms with Crippen molar-refractivity contribution in [2.45, 2.75) is 11.3 Å². The van der Waals surface area contributed by atoms with E-state index in [4.69, 9.17) is 17.3 Å². The zero-order chi connectivity index (χ0) is 13.7. The minimum atomic E-state index is 0.115. The Hall–Kier alpha value is -1.52. The standard InChI is InChI=1S/C14H13ClN2OS/c15-11-4-1-5-13(8-11)19-9-12(18)7-10-3-2-6-17-14(10)16/h1-6,8H,7,9H2,(H2,16,17). The molecule has 2 rings (SSSR count). The number of halogens is 1. The van der Waals surface area contributed by atoms with E-state index < -0.39 is 0 Å². The SMILES string of the molecule is Nc1ncccc1CC(=O)CSc1cccc(Cl)c1. The van der Waals surface area contributed by atoms with Crippen LogP contribution in [0.25, 0.3) is 0 Å². The van der Waals surface area contributed by atoms with Crippen molar-refractivity contribution in [2.24, 2.45) is 0 Å². The molecule has 98 valence electrons. The maximum atomic E-state index is 11.9. The molecule has 0 amide bonds. The summed E-state index contributed by atoms with van der Waals surface area (Å²) in [6.07, 6.45) is 1.93. The van der Waals surface area contributed by atoms with Gasteiger partial charge in [-0.25, -0.2) is 4.98 Å². The lowest BCUT2D eigenvalue weighted by Gasteiger charge is -2.04. The van der Waals surface area contributed by atoms with Gasteiger partial charge in [0.05, 0.1) is 5.75 Å². The van der Waals surface area contributed by atoms with Gasteiger partial charge in [0.2, 0.25) is 0 Å². The summed E-state index contributed by atoms with van der Waals surface area (Å²) >= 11 is 7.36. The van der Waals surface area contributed by atoms with Crippen molar-refractivity contribution in [3.8, 4) is 0 Å². The first-order chi connectivity index (χ1) is 9.15. The largest absolute Gasteiger partial charge is 0.383 e. The number of carbonyl (C=O) groups is 1. The molecule has 0 bridgehead atoms. The summed E-state index contributed by atoms with van der Waals surface area (Å²) in [5, 5.41) is 0.675. The zero-order valence-electron chi connectivity index (χ0n) is 10.2. The molecule has 0 radical (unpaired) electrons. The molecule has 0 aliphatic rings. The quantitative estimate of drug-likeness (QED) is 0.860. The summed E-state index contributed by atoms with van der Waals surface area (Å²) in [5.74, 6) is 0.933. The lowest BCUT2D eigenvalue weighted by molar-refractivity contribution is -0.116. The number of benzene rings is 1. The number of nitrogen functional groups attached to an aromatic ring is 1. The molecular weight excluding hydrogens is 280 g/mol. The smallest absolute Gasteiger partial charge is 0.147 e. The monoisotopic (exact) mass is 292 g/mol. The first-order valence-corrected chi connectivity index (χ1v) is 7.11. The number of anilines is 1. The molecule has 0 aliphatic heterocycles. The van der Waals surface area contributed by atoms with Crippen molar-refractivity contribution < 1.29 is 4.79 Å². The van der Waals surface area contributed by atoms with Crippen LogP contribution < -0.4 is 5.73 Å². The van der Waals surface area contributed by atoms with Gasteiger partial charge < -0.3 is 5.73 Å². The Labute approximate surface area is 121 Å². The molecule has 1 aromatic heterocycles. The molecule has 3 nitrogen and oxygen atoms in total. The van der Waals surface area contributed by atoms with Crippen LogP contribution in [0.1, 0.15) is 5.56 Å². The summed E-state index contributed by atoms with van der Waals surface area (Å²) in [6, 6.07) is 11.1. The van der Waals surface area contributed by atoms with Crippen molar-refractivity contribution in [3.05, 3.63) is 53.2 Å². The average molecular weight is 293 g/mol. The molecule has 0 atom stereocenters. The first-order valence-electron chi connectivity index (χ1n) is 5.74. The molecular formula is C14H13ClN2OS. The van der Waals surface area contributed by atoms with Gasteiger partial charge in [-0.1, -0.05) is 23.7 Å². The summed E-state index contributed by atoms with van der Waals surface area (Å²) in [6.45, 7) is 0. The molecule has 1 heterocycles. The van der Waals surface area contributed by atoms with E-state index in [0.717, 1.165) is 10.5 Å². The van der Waals surface area contributed by atoms with Crippen LogP contribution in [0, 0.1) is 0 Å². The van der Waals surface area contributed by atoms with Crippen LogP contribution in [0.5, 0.6) is 0 Å². The number of nitrogens with zero attached hydrogens (tertiary/aromatic N) is 1. The van der Waals surface area contributed by atoms with Gasteiger partial charge in [-0.15, -0.1) is 11.8 Å². The van der Waals surface area contributed by atoms with Crippen LogP contribution in [-0.4, -0.2) is 16.5 Å². The van der Waals surface area contributed by atoms with E-state index in [1.807, 2.05) is 30.3 Å². The molecule has 2 N–H and O–H groups in total. The number of rotatable bonds is 5. The number of hydrogen-bond donors (Lipinski definition) is 1. The number of ketones is 1. The highest BCUT2D eigenvalue weighted by Crippen LogP contribution is 2.22. The fraction of sp³-hybridized carbons (Fsp3) is 0.143. The van der Waals surface area contributed by atoms with Crippen molar-refractivity contribution in [3.63, 3.8) is 0 Å². The molecule has 2 aromatic rings. The Bertz CT molecular complexity index is 589. The number of hydrogen-bond acceptors (Lipinski definition) is 4. The van der Waals surface area contributed by atoms with Gasteiger partial charge >= 0.3 is 0 Å².